The molecular formula is C17H12F3N3O2. The van der Waals surface area contributed by atoms with Crippen LogP contribution in [0, 0.1) is 0 Å². The highest BCUT2D eigenvalue weighted by atomic mass is 19.4. The monoisotopic (exact) mass is 347 g/mol. The van der Waals surface area contributed by atoms with Gasteiger partial charge in [-0.25, -0.2) is 4.98 Å². The van der Waals surface area contributed by atoms with Crippen LogP contribution in [0.3, 0.4) is 0 Å². The smallest absolute Gasteiger partial charge is 0.433 e. The summed E-state index contributed by atoms with van der Waals surface area (Å²) in [5, 5.41) is 2.52. The number of nitrogens with zero attached hydrogens (tertiary/aromatic N) is 2. The highest BCUT2D eigenvalue weighted by Gasteiger charge is 2.32. The van der Waals surface area contributed by atoms with Crippen molar-refractivity contribution in [3.8, 4) is 11.3 Å². The van der Waals surface area contributed by atoms with Gasteiger partial charge in [0.25, 0.3) is 5.91 Å². The first-order chi connectivity index (χ1) is 11.9. The van der Waals surface area contributed by atoms with E-state index in [0.29, 0.717) is 5.76 Å². The lowest BCUT2D eigenvalue weighted by atomic mass is 10.2. The van der Waals surface area contributed by atoms with Crippen LogP contribution in [0.25, 0.3) is 11.3 Å². The number of rotatable bonds is 4. The maximum absolute atomic E-state index is 12.4. The van der Waals surface area contributed by atoms with Crippen molar-refractivity contribution in [2.24, 2.45) is 0 Å². The molecule has 3 aromatic rings. The number of alkyl halides is 3. The van der Waals surface area contributed by atoms with Crippen LogP contribution in [-0.4, -0.2) is 15.9 Å². The van der Waals surface area contributed by atoms with Gasteiger partial charge in [-0.2, -0.15) is 13.2 Å². The minimum absolute atomic E-state index is 0.00664. The Kier molecular flexibility index (Phi) is 4.51. The number of amides is 1. The van der Waals surface area contributed by atoms with Gasteiger partial charge < -0.3 is 9.73 Å². The molecule has 1 amide bonds. The van der Waals surface area contributed by atoms with E-state index in [-0.39, 0.29) is 18.0 Å². The Morgan fingerprint density at radius 3 is 2.44 bits per heavy atom. The van der Waals surface area contributed by atoms with Gasteiger partial charge in [-0.05, 0) is 12.1 Å². The maximum Gasteiger partial charge on any atom is 0.433 e. The Bertz CT molecular complexity index is 859. The highest BCUT2D eigenvalue weighted by molar-refractivity contribution is 5.93. The number of carbonyl (C=O) groups excluding carboxylic acids is 1. The van der Waals surface area contributed by atoms with Gasteiger partial charge in [0.15, 0.2) is 5.76 Å². The van der Waals surface area contributed by atoms with E-state index in [2.05, 4.69) is 15.3 Å². The summed E-state index contributed by atoms with van der Waals surface area (Å²) in [6, 6.07) is 11.1. The van der Waals surface area contributed by atoms with Crippen molar-refractivity contribution in [3.05, 3.63) is 72.0 Å². The molecule has 0 atom stereocenters. The van der Waals surface area contributed by atoms with Crippen molar-refractivity contribution in [1.82, 2.24) is 15.3 Å². The number of aromatic nitrogens is 2. The van der Waals surface area contributed by atoms with E-state index in [0.717, 1.165) is 23.9 Å². The second kappa shape index (κ2) is 6.76. The minimum atomic E-state index is -4.54. The van der Waals surface area contributed by atoms with E-state index in [1.165, 1.54) is 6.20 Å². The van der Waals surface area contributed by atoms with Gasteiger partial charge >= 0.3 is 6.18 Å². The Morgan fingerprint density at radius 2 is 1.80 bits per heavy atom. The van der Waals surface area contributed by atoms with Gasteiger partial charge in [0, 0.05) is 11.8 Å². The molecule has 0 aliphatic heterocycles. The Hall–Kier alpha value is -3.16. The van der Waals surface area contributed by atoms with Crippen LogP contribution in [0.15, 0.2) is 59.3 Å². The molecule has 2 heterocycles. The SMILES string of the molecule is O=C(NCc1ncc(-c2ccccc2)o1)c1ccc(C(F)(F)F)nc1. The van der Waals surface area contributed by atoms with Crippen LogP contribution < -0.4 is 5.32 Å². The van der Waals surface area contributed by atoms with Gasteiger partial charge in [-0.15, -0.1) is 0 Å². The molecule has 0 unspecified atom stereocenters. The third-order valence-electron chi connectivity index (χ3n) is 3.33. The van der Waals surface area contributed by atoms with Crippen LogP contribution >= 0.6 is 0 Å². The van der Waals surface area contributed by atoms with Gasteiger partial charge in [-0.3, -0.25) is 9.78 Å². The molecule has 0 saturated heterocycles. The third-order valence-corrected chi connectivity index (χ3v) is 3.33. The van der Waals surface area contributed by atoms with Gasteiger partial charge in [0.2, 0.25) is 5.89 Å². The molecule has 0 bridgehead atoms. The average molecular weight is 347 g/mol. The summed E-state index contributed by atoms with van der Waals surface area (Å²) in [5.41, 5.74) is -0.188. The Morgan fingerprint density at radius 1 is 1.04 bits per heavy atom. The van der Waals surface area contributed by atoms with Crippen LogP contribution in [0.2, 0.25) is 0 Å². The van der Waals surface area contributed by atoms with Crippen molar-refractivity contribution >= 4 is 5.91 Å². The molecule has 8 heteroatoms. The van der Waals surface area contributed by atoms with E-state index in [1.54, 1.807) is 0 Å². The zero-order valence-corrected chi connectivity index (χ0v) is 12.7. The summed E-state index contributed by atoms with van der Waals surface area (Å²) >= 11 is 0. The Balaban J connectivity index is 1.62. The molecule has 0 aliphatic carbocycles. The number of hydrogen-bond donors (Lipinski definition) is 1. The number of nitrogens with one attached hydrogen (secondary N) is 1. The molecule has 0 aliphatic rings. The zero-order chi connectivity index (χ0) is 17.9. The summed E-state index contributed by atoms with van der Waals surface area (Å²) < 4.78 is 42.9. The fraction of sp³-hybridized carbons (Fsp3) is 0.118. The summed E-state index contributed by atoms with van der Waals surface area (Å²) in [4.78, 5) is 19.3. The molecule has 5 nitrogen and oxygen atoms in total. The van der Waals surface area contributed by atoms with Crippen molar-refractivity contribution in [2.45, 2.75) is 12.7 Å². The minimum Gasteiger partial charge on any atom is -0.439 e. The first kappa shape index (κ1) is 16.7. The van der Waals surface area contributed by atoms with Gasteiger partial charge in [-0.1, -0.05) is 30.3 Å². The molecule has 25 heavy (non-hydrogen) atoms. The molecule has 0 spiro atoms. The van der Waals surface area contributed by atoms with E-state index >= 15 is 0 Å². The van der Waals surface area contributed by atoms with Crippen molar-refractivity contribution in [3.63, 3.8) is 0 Å². The van der Waals surface area contributed by atoms with Crippen LogP contribution in [0.4, 0.5) is 13.2 Å². The lowest BCUT2D eigenvalue weighted by Gasteiger charge is -2.06. The number of halogens is 3. The maximum atomic E-state index is 12.4. The number of oxazole rings is 1. The second-order valence-corrected chi connectivity index (χ2v) is 5.10. The number of hydrogen-bond acceptors (Lipinski definition) is 4. The summed E-state index contributed by atoms with van der Waals surface area (Å²) in [6.07, 6.45) is -2.12. The number of carbonyl (C=O) groups is 1. The third kappa shape index (κ3) is 4.03. The largest absolute Gasteiger partial charge is 0.439 e. The molecule has 0 radical (unpaired) electrons. The van der Waals surface area contributed by atoms with E-state index < -0.39 is 17.8 Å². The number of pyridine rings is 1. The quantitative estimate of drug-likeness (QED) is 0.782. The molecule has 0 saturated carbocycles. The molecular weight excluding hydrogens is 335 g/mol. The zero-order valence-electron chi connectivity index (χ0n) is 12.7. The molecule has 3 rings (SSSR count). The standard InChI is InChI=1S/C17H12F3N3O2/c18-17(19,20)14-7-6-12(8-21-14)16(24)23-10-15-22-9-13(25-15)11-4-2-1-3-5-11/h1-9H,10H2,(H,23,24). The van der Waals surface area contributed by atoms with Crippen LogP contribution in [0.1, 0.15) is 21.9 Å². The summed E-state index contributed by atoms with van der Waals surface area (Å²) in [7, 11) is 0. The molecule has 2 aromatic heterocycles. The van der Waals surface area contributed by atoms with E-state index in [9.17, 15) is 18.0 Å². The summed E-state index contributed by atoms with van der Waals surface area (Å²) in [5.74, 6) is 0.272. The van der Waals surface area contributed by atoms with Crippen molar-refractivity contribution in [1.29, 1.82) is 0 Å². The van der Waals surface area contributed by atoms with Crippen LogP contribution in [-0.2, 0) is 12.7 Å². The first-order valence-electron chi connectivity index (χ1n) is 7.25. The van der Waals surface area contributed by atoms with Crippen molar-refractivity contribution in [2.75, 3.05) is 0 Å². The van der Waals surface area contributed by atoms with Crippen LogP contribution in [0.5, 0.6) is 0 Å². The first-order valence-corrected chi connectivity index (χ1v) is 7.25. The summed E-state index contributed by atoms with van der Waals surface area (Å²) in [6.45, 7) is 0.00664. The van der Waals surface area contributed by atoms with E-state index in [1.807, 2.05) is 30.3 Å². The normalized spacial score (nSPS) is 11.3. The lowest BCUT2D eigenvalue weighted by Crippen LogP contribution is -2.23. The predicted molar refractivity (Wildman–Crippen MR) is 82.3 cm³/mol. The molecule has 128 valence electrons. The topological polar surface area (TPSA) is 68.0 Å². The predicted octanol–water partition coefficient (Wildman–Crippen LogP) is 3.69. The molecule has 1 N–H and O–H groups in total. The fourth-order valence-corrected chi connectivity index (χ4v) is 2.08. The average Bonchev–Trinajstić information content (AvgIpc) is 3.09. The number of benzene rings is 1. The highest BCUT2D eigenvalue weighted by Crippen LogP contribution is 2.27. The lowest BCUT2D eigenvalue weighted by molar-refractivity contribution is -0.141. The Labute approximate surface area is 140 Å². The molecule has 1 aromatic carbocycles. The molecule has 0 fully saturated rings. The van der Waals surface area contributed by atoms with Crippen molar-refractivity contribution < 1.29 is 22.4 Å². The van der Waals surface area contributed by atoms with Gasteiger partial charge in [0.05, 0.1) is 18.3 Å². The van der Waals surface area contributed by atoms with Gasteiger partial charge in [0.1, 0.15) is 5.69 Å². The fourth-order valence-electron chi connectivity index (χ4n) is 2.08. The second-order valence-electron chi connectivity index (χ2n) is 5.10. The van der Waals surface area contributed by atoms with E-state index in [4.69, 9.17) is 4.42 Å².